The van der Waals surface area contributed by atoms with Gasteiger partial charge in [-0.25, -0.2) is 0 Å². The summed E-state index contributed by atoms with van der Waals surface area (Å²) in [5.74, 6) is 0.696. The van der Waals surface area contributed by atoms with E-state index in [4.69, 9.17) is 17.3 Å². The van der Waals surface area contributed by atoms with Crippen molar-refractivity contribution in [3.05, 3.63) is 70.2 Å². The molecule has 0 radical (unpaired) electrons. The molecule has 98 valence electrons. The SMILES string of the molecule is NC(c1cccc(Cl)c1)c1ccccc1C1CCC1. The molecule has 0 saturated heterocycles. The highest BCUT2D eigenvalue weighted by atomic mass is 35.5. The Labute approximate surface area is 119 Å². The van der Waals surface area contributed by atoms with Gasteiger partial charge < -0.3 is 5.73 Å². The van der Waals surface area contributed by atoms with E-state index in [1.165, 1.54) is 30.4 Å². The predicted octanol–water partition coefficient (Wildman–Crippen LogP) is 4.66. The van der Waals surface area contributed by atoms with Gasteiger partial charge in [-0.1, -0.05) is 54.4 Å². The smallest absolute Gasteiger partial charge is 0.0555 e. The van der Waals surface area contributed by atoms with Gasteiger partial charge in [0.1, 0.15) is 0 Å². The second-order valence-corrected chi connectivity index (χ2v) is 5.73. The highest BCUT2D eigenvalue weighted by Crippen LogP contribution is 2.40. The molecular formula is C17H18ClN. The van der Waals surface area contributed by atoms with Crippen molar-refractivity contribution in [2.45, 2.75) is 31.2 Å². The first-order valence-electron chi connectivity index (χ1n) is 6.85. The predicted molar refractivity (Wildman–Crippen MR) is 80.5 cm³/mol. The molecule has 2 aromatic rings. The van der Waals surface area contributed by atoms with Gasteiger partial charge in [-0.3, -0.25) is 0 Å². The zero-order valence-electron chi connectivity index (χ0n) is 10.9. The highest BCUT2D eigenvalue weighted by Gasteiger charge is 2.24. The van der Waals surface area contributed by atoms with Crippen LogP contribution in [-0.4, -0.2) is 0 Å². The molecule has 0 heterocycles. The number of halogens is 1. The average Bonchev–Trinajstić information content (AvgIpc) is 2.37. The lowest BCUT2D eigenvalue weighted by Crippen LogP contribution is -2.18. The van der Waals surface area contributed by atoms with E-state index in [1.54, 1.807) is 0 Å². The lowest BCUT2D eigenvalue weighted by Gasteiger charge is -2.29. The third kappa shape index (κ3) is 2.54. The first kappa shape index (κ1) is 12.7. The van der Waals surface area contributed by atoms with Gasteiger partial charge in [-0.15, -0.1) is 0 Å². The fourth-order valence-electron chi connectivity index (χ4n) is 2.76. The molecule has 1 aliphatic rings. The summed E-state index contributed by atoms with van der Waals surface area (Å²) >= 11 is 6.06. The van der Waals surface area contributed by atoms with Crippen molar-refractivity contribution < 1.29 is 0 Å². The van der Waals surface area contributed by atoms with Crippen molar-refractivity contribution in [2.75, 3.05) is 0 Å². The van der Waals surface area contributed by atoms with Gasteiger partial charge in [0.05, 0.1) is 6.04 Å². The van der Waals surface area contributed by atoms with Crippen molar-refractivity contribution >= 4 is 11.6 Å². The Kier molecular flexibility index (Phi) is 3.58. The monoisotopic (exact) mass is 271 g/mol. The molecule has 19 heavy (non-hydrogen) atoms. The number of nitrogens with two attached hydrogens (primary N) is 1. The maximum atomic E-state index is 6.44. The first-order valence-corrected chi connectivity index (χ1v) is 7.23. The van der Waals surface area contributed by atoms with E-state index in [9.17, 15) is 0 Å². The topological polar surface area (TPSA) is 26.0 Å². The minimum atomic E-state index is -0.0875. The average molecular weight is 272 g/mol. The van der Waals surface area contributed by atoms with Crippen LogP contribution in [0.1, 0.15) is 47.9 Å². The summed E-state index contributed by atoms with van der Waals surface area (Å²) in [6.45, 7) is 0. The van der Waals surface area contributed by atoms with Gasteiger partial charge in [-0.05, 0) is 47.6 Å². The summed E-state index contributed by atoms with van der Waals surface area (Å²) < 4.78 is 0. The van der Waals surface area contributed by atoms with E-state index in [-0.39, 0.29) is 6.04 Å². The van der Waals surface area contributed by atoms with Crippen LogP contribution in [0, 0.1) is 0 Å². The summed E-state index contributed by atoms with van der Waals surface area (Å²) in [5.41, 5.74) is 10.2. The molecule has 1 fully saturated rings. The zero-order valence-corrected chi connectivity index (χ0v) is 11.6. The van der Waals surface area contributed by atoms with Crippen molar-refractivity contribution in [1.29, 1.82) is 0 Å². The van der Waals surface area contributed by atoms with Gasteiger partial charge >= 0.3 is 0 Å². The maximum Gasteiger partial charge on any atom is 0.0555 e. The van der Waals surface area contributed by atoms with Crippen LogP contribution in [0.15, 0.2) is 48.5 Å². The Morgan fingerprint density at radius 1 is 1.05 bits per heavy atom. The van der Waals surface area contributed by atoms with Gasteiger partial charge in [0.25, 0.3) is 0 Å². The summed E-state index contributed by atoms with van der Waals surface area (Å²) in [5, 5.41) is 0.745. The maximum absolute atomic E-state index is 6.44. The van der Waals surface area contributed by atoms with E-state index >= 15 is 0 Å². The molecule has 3 rings (SSSR count). The fourth-order valence-corrected chi connectivity index (χ4v) is 2.96. The molecule has 2 aromatic carbocycles. The third-order valence-electron chi connectivity index (χ3n) is 4.08. The standard InChI is InChI=1S/C17H18ClN/c18-14-8-4-7-13(11-14)17(19)16-10-2-1-9-15(16)12-5-3-6-12/h1-2,4,7-12,17H,3,5-6,19H2. The molecule has 1 unspecified atom stereocenters. The molecule has 1 aliphatic carbocycles. The molecule has 0 amide bonds. The van der Waals surface area contributed by atoms with Crippen LogP contribution in [0.2, 0.25) is 5.02 Å². The van der Waals surface area contributed by atoms with E-state index in [0.29, 0.717) is 5.92 Å². The lowest BCUT2D eigenvalue weighted by molar-refractivity contribution is 0.416. The Bertz CT molecular complexity index is 575. The van der Waals surface area contributed by atoms with E-state index in [1.807, 2.05) is 24.3 Å². The van der Waals surface area contributed by atoms with Crippen LogP contribution < -0.4 is 5.73 Å². The van der Waals surface area contributed by atoms with Crippen LogP contribution in [0.3, 0.4) is 0 Å². The van der Waals surface area contributed by atoms with Crippen LogP contribution in [0.5, 0.6) is 0 Å². The number of hydrogen-bond donors (Lipinski definition) is 1. The number of benzene rings is 2. The molecule has 2 N–H and O–H groups in total. The van der Waals surface area contributed by atoms with Crippen LogP contribution in [-0.2, 0) is 0 Å². The minimum absolute atomic E-state index is 0.0875. The molecule has 1 atom stereocenters. The van der Waals surface area contributed by atoms with Crippen molar-refractivity contribution in [3.63, 3.8) is 0 Å². The second-order valence-electron chi connectivity index (χ2n) is 5.29. The normalized spacial score (nSPS) is 16.9. The zero-order chi connectivity index (χ0) is 13.2. The lowest BCUT2D eigenvalue weighted by atomic mass is 9.76. The molecule has 0 aliphatic heterocycles. The minimum Gasteiger partial charge on any atom is -0.320 e. The number of rotatable bonds is 3. The van der Waals surface area contributed by atoms with Gasteiger partial charge in [0, 0.05) is 5.02 Å². The first-order chi connectivity index (χ1) is 9.25. The Hall–Kier alpha value is -1.31. The van der Waals surface area contributed by atoms with E-state index in [2.05, 4.69) is 24.3 Å². The quantitative estimate of drug-likeness (QED) is 0.864. The summed E-state index contributed by atoms with van der Waals surface area (Å²) in [6, 6.07) is 16.3. The van der Waals surface area contributed by atoms with Gasteiger partial charge in [0.15, 0.2) is 0 Å². The second kappa shape index (κ2) is 5.36. The molecule has 2 heteroatoms. The molecular weight excluding hydrogens is 254 g/mol. The van der Waals surface area contributed by atoms with E-state index in [0.717, 1.165) is 10.6 Å². The summed E-state index contributed by atoms with van der Waals surface area (Å²) in [7, 11) is 0. The molecule has 0 aromatic heterocycles. The largest absolute Gasteiger partial charge is 0.320 e. The molecule has 1 nitrogen and oxygen atoms in total. The third-order valence-corrected chi connectivity index (χ3v) is 4.32. The van der Waals surface area contributed by atoms with Crippen molar-refractivity contribution in [2.24, 2.45) is 5.73 Å². The molecule has 1 saturated carbocycles. The number of hydrogen-bond acceptors (Lipinski definition) is 1. The van der Waals surface area contributed by atoms with Crippen molar-refractivity contribution in [1.82, 2.24) is 0 Å². The summed E-state index contributed by atoms with van der Waals surface area (Å²) in [4.78, 5) is 0. The van der Waals surface area contributed by atoms with Crippen molar-refractivity contribution in [3.8, 4) is 0 Å². The summed E-state index contributed by atoms with van der Waals surface area (Å²) in [6.07, 6.45) is 3.92. The molecule has 0 spiro atoms. The fraction of sp³-hybridized carbons (Fsp3) is 0.294. The van der Waals surface area contributed by atoms with Gasteiger partial charge in [-0.2, -0.15) is 0 Å². The molecule has 0 bridgehead atoms. The Morgan fingerprint density at radius 3 is 2.53 bits per heavy atom. The van der Waals surface area contributed by atoms with E-state index < -0.39 is 0 Å². The Morgan fingerprint density at radius 2 is 1.84 bits per heavy atom. The van der Waals surface area contributed by atoms with Crippen LogP contribution in [0.25, 0.3) is 0 Å². The van der Waals surface area contributed by atoms with Crippen LogP contribution >= 0.6 is 11.6 Å². The van der Waals surface area contributed by atoms with Crippen LogP contribution in [0.4, 0.5) is 0 Å². The Balaban J connectivity index is 1.97. The van der Waals surface area contributed by atoms with Gasteiger partial charge in [0.2, 0.25) is 0 Å². The highest BCUT2D eigenvalue weighted by molar-refractivity contribution is 6.30.